The summed E-state index contributed by atoms with van der Waals surface area (Å²) in [4.78, 5) is 1.84. The zero-order chi connectivity index (χ0) is 12.7. The van der Waals surface area contributed by atoms with E-state index in [1.807, 2.05) is 17.9 Å². The average molecular weight is 256 g/mol. The van der Waals surface area contributed by atoms with Crippen LogP contribution in [-0.4, -0.2) is 31.9 Å². The van der Waals surface area contributed by atoms with Gasteiger partial charge in [-0.3, -0.25) is 0 Å². The molecule has 0 fully saturated rings. The van der Waals surface area contributed by atoms with Gasteiger partial charge in [-0.25, -0.2) is 4.39 Å². The lowest BCUT2D eigenvalue weighted by molar-refractivity contribution is 0.204. The van der Waals surface area contributed by atoms with Crippen molar-refractivity contribution in [1.29, 1.82) is 0 Å². The van der Waals surface area contributed by atoms with Gasteiger partial charge in [0.05, 0.1) is 6.61 Å². The fourth-order valence-corrected chi connectivity index (χ4v) is 1.78. The molecule has 0 aromatic heterocycles. The smallest absolute Gasteiger partial charge is 0.173 e. The lowest BCUT2D eigenvalue weighted by Crippen LogP contribution is -2.41. The van der Waals surface area contributed by atoms with Crippen molar-refractivity contribution < 1.29 is 9.13 Å². The van der Waals surface area contributed by atoms with Crippen LogP contribution in [0, 0.1) is 5.82 Å². The first kappa shape index (κ1) is 13.9. The molecule has 3 nitrogen and oxygen atoms in total. The Morgan fingerprint density at radius 3 is 2.88 bits per heavy atom. The van der Waals surface area contributed by atoms with E-state index in [9.17, 15) is 4.39 Å². The predicted octanol–water partition coefficient (Wildman–Crippen LogP) is 2.17. The summed E-state index contributed by atoms with van der Waals surface area (Å²) in [6.45, 7) is 3.87. The molecular weight excluding hydrogens is 239 g/mol. The quantitative estimate of drug-likeness (QED) is 0.644. The molecule has 0 heterocycles. The van der Waals surface area contributed by atoms with Gasteiger partial charge in [-0.1, -0.05) is 6.07 Å². The molecule has 0 amide bonds. The van der Waals surface area contributed by atoms with Crippen LogP contribution >= 0.6 is 12.2 Å². The first-order valence-electron chi connectivity index (χ1n) is 5.49. The van der Waals surface area contributed by atoms with Crippen LogP contribution in [0.5, 0.6) is 0 Å². The van der Waals surface area contributed by atoms with E-state index < -0.39 is 0 Å². The van der Waals surface area contributed by atoms with Crippen molar-refractivity contribution in [3.8, 4) is 0 Å². The fourth-order valence-electron chi connectivity index (χ4n) is 1.44. The van der Waals surface area contributed by atoms with Crippen LogP contribution in [-0.2, 0) is 4.74 Å². The molecule has 1 rings (SSSR count). The van der Waals surface area contributed by atoms with Crippen LogP contribution in [0.1, 0.15) is 6.92 Å². The van der Waals surface area contributed by atoms with Crippen molar-refractivity contribution in [2.75, 3.05) is 31.7 Å². The van der Waals surface area contributed by atoms with Gasteiger partial charge in [-0.2, -0.15) is 0 Å². The first-order chi connectivity index (χ1) is 8.19. The number of methoxy groups -OCH3 is 1. The maximum Gasteiger partial charge on any atom is 0.173 e. The molecule has 0 aliphatic rings. The molecule has 94 valence electrons. The summed E-state index contributed by atoms with van der Waals surface area (Å²) in [5.74, 6) is -0.263. The van der Waals surface area contributed by atoms with Gasteiger partial charge in [0, 0.05) is 25.9 Å². The van der Waals surface area contributed by atoms with Gasteiger partial charge in [0.2, 0.25) is 0 Å². The van der Waals surface area contributed by atoms with Crippen LogP contribution in [0.25, 0.3) is 0 Å². The number of thiocarbonyl (C=S) groups is 1. The Kier molecular flexibility index (Phi) is 5.86. The van der Waals surface area contributed by atoms with Crippen LogP contribution in [0.4, 0.5) is 10.1 Å². The van der Waals surface area contributed by atoms with E-state index in [4.69, 9.17) is 17.0 Å². The van der Waals surface area contributed by atoms with E-state index in [2.05, 4.69) is 5.32 Å². The molecule has 5 heteroatoms. The number of hydrogen-bond donors (Lipinski definition) is 1. The summed E-state index contributed by atoms with van der Waals surface area (Å²) in [6.07, 6.45) is 0. The Labute approximate surface area is 107 Å². The molecule has 0 spiro atoms. The third-order valence-corrected chi connectivity index (χ3v) is 2.63. The summed E-state index contributed by atoms with van der Waals surface area (Å²) in [6, 6.07) is 6.38. The Balaban J connectivity index is 2.67. The number of ether oxygens (including phenoxy) is 1. The maximum absolute atomic E-state index is 13.1. The summed E-state index contributed by atoms with van der Waals surface area (Å²) in [7, 11) is 1.63. The minimum absolute atomic E-state index is 0.263. The molecule has 1 aromatic carbocycles. The minimum Gasteiger partial charge on any atom is -0.383 e. The van der Waals surface area contributed by atoms with Crippen molar-refractivity contribution >= 4 is 23.0 Å². The Morgan fingerprint density at radius 1 is 1.53 bits per heavy atom. The lowest BCUT2D eigenvalue weighted by Gasteiger charge is -2.24. The molecule has 0 unspecified atom stereocenters. The zero-order valence-corrected chi connectivity index (χ0v) is 10.9. The fraction of sp³-hybridized carbons (Fsp3) is 0.417. The van der Waals surface area contributed by atoms with Gasteiger partial charge >= 0.3 is 0 Å². The van der Waals surface area contributed by atoms with E-state index in [1.165, 1.54) is 12.1 Å². The molecule has 0 bridgehead atoms. The Hall–Kier alpha value is -1.20. The summed E-state index contributed by atoms with van der Waals surface area (Å²) in [5.41, 5.74) is 0.752. The zero-order valence-electron chi connectivity index (χ0n) is 10.1. The van der Waals surface area contributed by atoms with Crippen molar-refractivity contribution in [1.82, 2.24) is 5.32 Å². The molecule has 17 heavy (non-hydrogen) atoms. The van der Waals surface area contributed by atoms with Crippen molar-refractivity contribution in [2.24, 2.45) is 0 Å². The number of nitrogens with zero attached hydrogens (tertiary/aromatic N) is 1. The number of hydrogen-bond acceptors (Lipinski definition) is 2. The number of halogens is 1. The van der Waals surface area contributed by atoms with Gasteiger partial charge < -0.3 is 15.0 Å². The second-order valence-corrected chi connectivity index (χ2v) is 3.84. The molecular formula is C12H17FN2OS. The third kappa shape index (κ3) is 4.28. The Morgan fingerprint density at radius 2 is 2.29 bits per heavy atom. The predicted molar refractivity (Wildman–Crippen MR) is 71.9 cm³/mol. The van der Waals surface area contributed by atoms with Gasteiger partial charge in [-0.15, -0.1) is 0 Å². The van der Waals surface area contributed by atoms with Gasteiger partial charge in [0.1, 0.15) is 5.82 Å². The highest BCUT2D eigenvalue weighted by atomic mass is 32.1. The average Bonchev–Trinajstić information content (AvgIpc) is 2.30. The summed E-state index contributed by atoms with van der Waals surface area (Å²) in [5, 5.41) is 3.64. The largest absolute Gasteiger partial charge is 0.383 e. The second kappa shape index (κ2) is 7.19. The van der Waals surface area contributed by atoms with Gasteiger partial charge in [0.25, 0.3) is 0 Å². The summed E-state index contributed by atoms with van der Waals surface area (Å²) >= 11 is 5.25. The third-order valence-electron chi connectivity index (χ3n) is 2.26. The first-order valence-corrected chi connectivity index (χ1v) is 5.89. The molecule has 0 saturated carbocycles. The molecule has 1 aromatic rings. The molecule has 0 radical (unpaired) electrons. The van der Waals surface area contributed by atoms with Crippen molar-refractivity contribution in [3.63, 3.8) is 0 Å². The second-order valence-electron chi connectivity index (χ2n) is 3.45. The number of nitrogens with one attached hydrogen (secondary N) is 1. The SMILES string of the molecule is CCN(C(=S)NCCOC)c1cccc(F)c1. The monoisotopic (exact) mass is 256 g/mol. The van der Waals surface area contributed by atoms with Crippen LogP contribution in [0.3, 0.4) is 0 Å². The molecule has 0 saturated heterocycles. The van der Waals surface area contributed by atoms with E-state index in [0.717, 1.165) is 5.69 Å². The van der Waals surface area contributed by atoms with Crippen LogP contribution < -0.4 is 10.2 Å². The van der Waals surface area contributed by atoms with Gasteiger partial charge in [-0.05, 0) is 37.3 Å². The summed E-state index contributed by atoms with van der Waals surface area (Å²) < 4.78 is 18.1. The molecule has 1 N–H and O–H groups in total. The standard InChI is InChI=1S/C12H17FN2OS/c1-3-15(12(17)14-7-8-16-2)11-6-4-5-10(13)9-11/h4-6,9H,3,7-8H2,1-2H3,(H,14,17). The topological polar surface area (TPSA) is 24.5 Å². The highest BCUT2D eigenvalue weighted by Crippen LogP contribution is 2.15. The molecule has 0 aliphatic carbocycles. The lowest BCUT2D eigenvalue weighted by atomic mass is 10.3. The minimum atomic E-state index is -0.263. The van der Waals surface area contributed by atoms with E-state index in [1.54, 1.807) is 13.2 Å². The number of rotatable bonds is 5. The van der Waals surface area contributed by atoms with Crippen LogP contribution in [0.2, 0.25) is 0 Å². The van der Waals surface area contributed by atoms with Crippen LogP contribution in [0.15, 0.2) is 24.3 Å². The van der Waals surface area contributed by atoms with Crippen molar-refractivity contribution in [3.05, 3.63) is 30.1 Å². The molecule has 0 aliphatic heterocycles. The maximum atomic E-state index is 13.1. The number of anilines is 1. The Bertz CT molecular complexity index is 373. The van der Waals surface area contributed by atoms with E-state index in [-0.39, 0.29) is 5.82 Å². The van der Waals surface area contributed by atoms with E-state index >= 15 is 0 Å². The van der Waals surface area contributed by atoms with Crippen molar-refractivity contribution in [2.45, 2.75) is 6.92 Å². The molecule has 0 atom stereocenters. The highest BCUT2D eigenvalue weighted by Gasteiger charge is 2.09. The van der Waals surface area contributed by atoms with Gasteiger partial charge in [0.15, 0.2) is 5.11 Å². The normalized spacial score (nSPS) is 10.1. The highest BCUT2D eigenvalue weighted by molar-refractivity contribution is 7.80. The number of benzene rings is 1. The van der Waals surface area contributed by atoms with E-state index in [0.29, 0.717) is 24.8 Å².